The Morgan fingerprint density at radius 1 is 1.06 bits per heavy atom. The van der Waals surface area contributed by atoms with Crippen LogP contribution in [0.15, 0.2) is 12.2 Å². The number of aromatic nitrogens is 1. The van der Waals surface area contributed by atoms with Crippen LogP contribution in [0.1, 0.15) is 79.1 Å². The maximum Gasteiger partial charge on any atom is 0.340 e. The highest BCUT2D eigenvalue weighted by Crippen LogP contribution is 2.37. The van der Waals surface area contributed by atoms with Crippen LogP contribution in [0.2, 0.25) is 0 Å². The number of allylic oxidation sites excluding steroid dienone is 2. The first-order chi connectivity index (χ1) is 16.5. The number of imide groups is 1. The molecule has 4 unspecified atom stereocenters. The molecule has 0 radical (unpaired) electrons. The molecule has 35 heavy (non-hydrogen) atoms. The predicted molar refractivity (Wildman–Crippen MR) is 127 cm³/mol. The summed E-state index contributed by atoms with van der Waals surface area (Å²) in [6, 6.07) is -1.10. The van der Waals surface area contributed by atoms with Crippen molar-refractivity contribution in [3.05, 3.63) is 34.7 Å². The molecule has 1 aromatic heterocycles. The number of hydrogen-bond acceptors (Lipinski definition) is 7. The van der Waals surface area contributed by atoms with Gasteiger partial charge in [0.15, 0.2) is 6.10 Å². The molecule has 190 valence electrons. The van der Waals surface area contributed by atoms with E-state index >= 15 is 0 Å². The number of hydrogen-bond donors (Lipinski definition) is 1. The number of H-pyrrole nitrogens is 1. The first-order valence-corrected chi connectivity index (χ1v) is 12.1. The molecule has 3 rings (SSSR count). The normalized spacial score (nSPS) is 21.2. The van der Waals surface area contributed by atoms with Crippen LogP contribution in [0, 0.1) is 31.6 Å². The van der Waals surface area contributed by atoms with Crippen LogP contribution in [0.5, 0.6) is 0 Å². The van der Waals surface area contributed by atoms with Gasteiger partial charge in [-0.25, -0.2) is 9.59 Å². The average Bonchev–Trinajstić information content (AvgIpc) is 3.24. The molecule has 9 nitrogen and oxygen atoms in total. The first kappa shape index (κ1) is 26.4. The third kappa shape index (κ3) is 5.09. The highest BCUT2D eigenvalue weighted by Gasteiger charge is 2.51. The van der Waals surface area contributed by atoms with Gasteiger partial charge in [0.05, 0.1) is 29.7 Å². The van der Waals surface area contributed by atoms with Crippen LogP contribution in [-0.4, -0.2) is 58.2 Å². The quantitative estimate of drug-likeness (QED) is 0.246. The minimum atomic E-state index is -1.19. The molecule has 0 saturated carbocycles. The van der Waals surface area contributed by atoms with Crippen molar-refractivity contribution >= 4 is 29.5 Å². The molecule has 2 amide bonds. The number of amides is 2. The Bertz CT molecular complexity index is 1040. The number of esters is 2. The van der Waals surface area contributed by atoms with E-state index in [4.69, 9.17) is 9.47 Å². The fraction of sp³-hybridized carbons (Fsp3) is 0.577. The number of aryl methyl sites for hydroxylation is 1. The minimum absolute atomic E-state index is 0.000322. The van der Waals surface area contributed by atoms with Gasteiger partial charge in [-0.05, 0) is 58.4 Å². The topological polar surface area (TPSA) is 123 Å². The van der Waals surface area contributed by atoms with Gasteiger partial charge in [-0.15, -0.1) is 0 Å². The van der Waals surface area contributed by atoms with E-state index in [0.717, 1.165) is 4.90 Å². The molecule has 1 N–H and O–H groups in total. The maximum absolute atomic E-state index is 13.2. The van der Waals surface area contributed by atoms with Gasteiger partial charge >= 0.3 is 11.9 Å². The summed E-state index contributed by atoms with van der Waals surface area (Å²) in [4.78, 5) is 68.7. The number of nitrogens with one attached hydrogen (secondary N) is 1. The van der Waals surface area contributed by atoms with Crippen LogP contribution in [0.3, 0.4) is 0 Å². The highest BCUT2D eigenvalue weighted by molar-refractivity contribution is 6.08. The predicted octanol–water partition coefficient (Wildman–Crippen LogP) is 3.29. The van der Waals surface area contributed by atoms with Crippen molar-refractivity contribution in [3.63, 3.8) is 0 Å². The molecule has 4 atom stereocenters. The Kier molecular flexibility index (Phi) is 7.97. The molecule has 1 fully saturated rings. The Hall–Kier alpha value is -3.23. The zero-order valence-electron chi connectivity index (χ0n) is 21.2. The van der Waals surface area contributed by atoms with Crippen LogP contribution in [0.4, 0.5) is 0 Å². The largest absolute Gasteiger partial charge is 0.462 e. The highest BCUT2D eigenvalue weighted by atomic mass is 16.5. The number of ketones is 1. The van der Waals surface area contributed by atoms with Crippen molar-refractivity contribution in [2.45, 2.75) is 73.0 Å². The molecule has 9 heteroatoms. The fourth-order valence-corrected chi connectivity index (χ4v) is 4.90. The summed E-state index contributed by atoms with van der Waals surface area (Å²) >= 11 is 0. The van der Waals surface area contributed by atoms with Crippen molar-refractivity contribution in [2.24, 2.45) is 17.8 Å². The molecule has 1 saturated heterocycles. The van der Waals surface area contributed by atoms with E-state index in [1.165, 1.54) is 6.92 Å². The number of Topliss-reactive ketones (excluding diaryl/α,β-unsaturated/α-hetero) is 1. The fourth-order valence-electron chi connectivity index (χ4n) is 4.90. The Labute approximate surface area is 205 Å². The molecule has 1 aliphatic carbocycles. The van der Waals surface area contributed by atoms with Crippen LogP contribution >= 0.6 is 0 Å². The smallest absolute Gasteiger partial charge is 0.340 e. The number of rotatable bonds is 9. The number of aromatic amines is 1. The van der Waals surface area contributed by atoms with E-state index in [-0.39, 0.29) is 42.0 Å². The Balaban J connectivity index is 1.80. The van der Waals surface area contributed by atoms with E-state index in [9.17, 15) is 24.0 Å². The van der Waals surface area contributed by atoms with Crippen molar-refractivity contribution in [1.29, 1.82) is 0 Å². The number of nitrogens with zero attached hydrogens (tertiary/aromatic N) is 1. The molecule has 1 aromatic rings. The van der Waals surface area contributed by atoms with Gasteiger partial charge < -0.3 is 14.5 Å². The standard InChI is InChI=1S/C26H34N2O7/c1-7-34-26(33)20-14(4)21(27-15(20)5)22(29)16(6)35-25(32)19(12-13(2)3)28-23(30)17-10-8-9-11-18(17)24(28)31/h8-9,13,16-19,27H,7,10-12H2,1-6H3. The number of carbonyl (C=O) groups is 5. The molecule has 1 aliphatic heterocycles. The lowest BCUT2D eigenvalue weighted by atomic mass is 9.85. The van der Waals surface area contributed by atoms with E-state index < -0.39 is 41.7 Å². The first-order valence-electron chi connectivity index (χ1n) is 12.1. The van der Waals surface area contributed by atoms with Crippen LogP contribution in [-0.2, 0) is 23.9 Å². The van der Waals surface area contributed by atoms with E-state index in [1.807, 2.05) is 26.0 Å². The zero-order chi connectivity index (χ0) is 26.0. The summed E-state index contributed by atoms with van der Waals surface area (Å²) in [6.45, 7) is 10.4. The summed E-state index contributed by atoms with van der Waals surface area (Å²) in [5.41, 5.74) is 1.31. The molecule has 0 aromatic carbocycles. The summed E-state index contributed by atoms with van der Waals surface area (Å²) in [7, 11) is 0. The van der Waals surface area contributed by atoms with Gasteiger partial charge in [-0.2, -0.15) is 0 Å². The van der Waals surface area contributed by atoms with Crippen LogP contribution < -0.4 is 0 Å². The zero-order valence-corrected chi connectivity index (χ0v) is 21.2. The lowest BCUT2D eigenvalue weighted by Gasteiger charge is -2.27. The van der Waals surface area contributed by atoms with E-state index in [2.05, 4.69) is 4.98 Å². The molecule has 0 spiro atoms. The number of ether oxygens (including phenoxy) is 2. The third-order valence-electron chi connectivity index (χ3n) is 6.65. The number of carbonyl (C=O) groups excluding carboxylic acids is 5. The lowest BCUT2D eigenvalue weighted by Crippen LogP contribution is -2.48. The Morgan fingerprint density at radius 2 is 1.63 bits per heavy atom. The number of likely N-dealkylation sites (tertiary alicyclic amines) is 1. The second kappa shape index (κ2) is 10.6. The summed E-state index contributed by atoms with van der Waals surface area (Å²) in [5, 5.41) is 0. The summed E-state index contributed by atoms with van der Waals surface area (Å²) in [5.74, 6) is -3.49. The van der Waals surface area contributed by atoms with Crippen molar-refractivity contribution in [2.75, 3.05) is 6.61 Å². The molecule has 2 heterocycles. The maximum atomic E-state index is 13.2. The van der Waals surface area contributed by atoms with Gasteiger partial charge in [0.1, 0.15) is 6.04 Å². The molecular formula is C26H34N2O7. The summed E-state index contributed by atoms with van der Waals surface area (Å²) in [6.07, 6.45) is 3.75. The number of fused-ring (bicyclic) bond motifs is 1. The van der Waals surface area contributed by atoms with E-state index in [1.54, 1.807) is 20.8 Å². The average molecular weight is 487 g/mol. The monoisotopic (exact) mass is 486 g/mol. The van der Waals surface area contributed by atoms with Crippen molar-refractivity contribution in [1.82, 2.24) is 9.88 Å². The molecule has 2 aliphatic rings. The SMILES string of the molecule is CCOC(=O)c1c(C)[nH]c(C(=O)C(C)OC(=O)C(CC(C)C)N2C(=O)C3CC=CCC3C2=O)c1C. The second-order valence-electron chi connectivity index (χ2n) is 9.64. The third-order valence-corrected chi connectivity index (χ3v) is 6.65. The summed E-state index contributed by atoms with van der Waals surface area (Å²) < 4.78 is 10.6. The van der Waals surface area contributed by atoms with Crippen LogP contribution in [0.25, 0.3) is 0 Å². The Morgan fingerprint density at radius 3 is 2.14 bits per heavy atom. The lowest BCUT2D eigenvalue weighted by molar-refractivity contribution is -0.161. The second-order valence-corrected chi connectivity index (χ2v) is 9.64. The van der Waals surface area contributed by atoms with Crippen molar-refractivity contribution < 1.29 is 33.4 Å². The molecular weight excluding hydrogens is 452 g/mol. The van der Waals surface area contributed by atoms with Gasteiger partial charge in [0.2, 0.25) is 17.6 Å². The van der Waals surface area contributed by atoms with E-state index in [0.29, 0.717) is 24.1 Å². The van der Waals surface area contributed by atoms with Gasteiger partial charge in [0, 0.05) is 5.69 Å². The van der Waals surface area contributed by atoms with Gasteiger partial charge in [-0.3, -0.25) is 19.3 Å². The minimum Gasteiger partial charge on any atom is -0.462 e. The molecule has 0 bridgehead atoms. The van der Waals surface area contributed by atoms with Crippen molar-refractivity contribution in [3.8, 4) is 0 Å². The van der Waals surface area contributed by atoms with Gasteiger partial charge in [0.25, 0.3) is 0 Å². The van der Waals surface area contributed by atoms with Gasteiger partial charge in [-0.1, -0.05) is 26.0 Å².